The summed E-state index contributed by atoms with van der Waals surface area (Å²) < 4.78 is 4.91. The number of nitriles is 1. The Kier molecular flexibility index (Phi) is 6.24. The lowest BCUT2D eigenvalue weighted by Crippen LogP contribution is -2.35. The average molecular weight is 274 g/mol. The molecule has 0 aliphatic carbocycles. The zero-order chi connectivity index (χ0) is 15.0. The van der Waals surface area contributed by atoms with Crippen LogP contribution < -0.4 is 5.32 Å². The van der Waals surface area contributed by atoms with Crippen LogP contribution in [0.4, 0.5) is 0 Å². The molecule has 1 atom stereocenters. The Labute approximate surface area is 118 Å². The van der Waals surface area contributed by atoms with E-state index in [1.54, 1.807) is 18.2 Å². The molecule has 1 rings (SSSR count). The third kappa shape index (κ3) is 5.11. The number of amides is 1. The highest BCUT2D eigenvalue weighted by molar-refractivity contribution is 5.91. The minimum atomic E-state index is -0.611. The summed E-state index contributed by atoms with van der Waals surface area (Å²) in [6.07, 6.45) is 1.85. The quantitative estimate of drug-likeness (QED) is 0.805. The van der Waals surface area contributed by atoms with Gasteiger partial charge in [0.2, 0.25) is 0 Å². The van der Waals surface area contributed by atoms with Crippen LogP contribution in [-0.2, 0) is 9.53 Å². The van der Waals surface area contributed by atoms with Gasteiger partial charge in [-0.2, -0.15) is 5.26 Å². The maximum Gasteiger partial charge on any atom is 0.338 e. The molecule has 1 amide bonds. The predicted molar refractivity (Wildman–Crippen MR) is 74.0 cm³/mol. The number of nitrogens with zero attached hydrogens (tertiary/aromatic N) is 1. The molecule has 1 aromatic rings. The van der Waals surface area contributed by atoms with Crippen LogP contribution in [0.1, 0.15) is 42.6 Å². The molecular formula is C15H18N2O3. The minimum Gasteiger partial charge on any atom is -0.452 e. The molecule has 0 fully saturated rings. The van der Waals surface area contributed by atoms with Crippen molar-refractivity contribution in [3.63, 3.8) is 0 Å². The molecule has 0 aromatic heterocycles. The first-order chi connectivity index (χ1) is 9.56. The van der Waals surface area contributed by atoms with Crippen LogP contribution in [0.25, 0.3) is 0 Å². The fraction of sp³-hybridized carbons (Fsp3) is 0.400. The van der Waals surface area contributed by atoms with Crippen LogP contribution in [0.2, 0.25) is 0 Å². The van der Waals surface area contributed by atoms with E-state index < -0.39 is 5.97 Å². The van der Waals surface area contributed by atoms with Crippen LogP contribution >= 0.6 is 0 Å². The predicted octanol–water partition coefficient (Wildman–Crippen LogP) is 2.02. The molecule has 0 heterocycles. The maximum absolute atomic E-state index is 11.7. The Morgan fingerprint density at radius 1 is 1.45 bits per heavy atom. The van der Waals surface area contributed by atoms with E-state index in [0.717, 1.165) is 12.8 Å². The molecule has 0 unspecified atom stereocenters. The minimum absolute atomic E-state index is 0.0631. The lowest BCUT2D eigenvalue weighted by Gasteiger charge is -2.12. The summed E-state index contributed by atoms with van der Waals surface area (Å²) in [6.45, 7) is 3.62. The van der Waals surface area contributed by atoms with Crippen molar-refractivity contribution in [2.45, 2.75) is 32.7 Å². The average Bonchev–Trinajstić information content (AvgIpc) is 2.45. The fourth-order valence-electron chi connectivity index (χ4n) is 1.75. The fourth-order valence-corrected chi connectivity index (χ4v) is 1.75. The van der Waals surface area contributed by atoms with E-state index in [0.29, 0.717) is 5.56 Å². The highest BCUT2D eigenvalue weighted by atomic mass is 16.5. The van der Waals surface area contributed by atoms with Gasteiger partial charge in [0, 0.05) is 6.04 Å². The molecule has 0 aliphatic heterocycles. The number of nitrogens with one attached hydrogen (secondary N) is 1. The van der Waals surface area contributed by atoms with Gasteiger partial charge in [0.15, 0.2) is 6.61 Å². The molecule has 0 saturated heterocycles. The molecular weight excluding hydrogens is 256 g/mol. The third-order valence-corrected chi connectivity index (χ3v) is 2.69. The van der Waals surface area contributed by atoms with Gasteiger partial charge in [0.25, 0.3) is 5.91 Å². The highest BCUT2D eigenvalue weighted by Gasteiger charge is 2.12. The summed E-state index contributed by atoms with van der Waals surface area (Å²) in [5, 5.41) is 11.5. The molecule has 106 valence electrons. The Morgan fingerprint density at radius 2 is 2.20 bits per heavy atom. The second-order valence-electron chi connectivity index (χ2n) is 4.53. The van der Waals surface area contributed by atoms with Crippen molar-refractivity contribution >= 4 is 11.9 Å². The molecule has 0 saturated carbocycles. The van der Waals surface area contributed by atoms with E-state index in [1.807, 2.05) is 19.9 Å². The van der Waals surface area contributed by atoms with Crippen molar-refractivity contribution in [1.29, 1.82) is 5.26 Å². The number of carbonyl (C=O) groups excluding carboxylic acids is 2. The highest BCUT2D eigenvalue weighted by Crippen LogP contribution is 2.05. The lowest BCUT2D eigenvalue weighted by molar-refractivity contribution is -0.124. The van der Waals surface area contributed by atoms with E-state index in [1.165, 1.54) is 6.07 Å². The van der Waals surface area contributed by atoms with Gasteiger partial charge >= 0.3 is 5.97 Å². The normalized spacial score (nSPS) is 11.2. The van der Waals surface area contributed by atoms with Gasteiger partial charge < -0.3 is 10.1 Å². The molecule has 1 aromatic carbocycles. The number of benzene rings is 1. The number of hydrogen-bond donors (Lipinski definition) is 1. The van der Waals surface area contributed by atoms with Gasteiger partial charge in [-0.1, -0.05) is 19.4 Å². The SMILES string of the molecule is CCC[C@@H](C)NC(=O)COC(=O)c1cccc(C#N)c1. The van der Waals surface area contributed by atoms with E-state index in [-0.39, 0.29) is 24.1 Å². The van der Waals surface area contributed by atoms with E-state index >= 15 is 0 Å². The van der Waals surface area contributed by atoms with Crippen LogP contribution in [0.5, 0.6) is 0 Å². The first kappa shape index (κ1) is 15.7. The van der Waals surface area contributed by atoms with Gasteiger partial charge in [-0.25, -0.2) is 4.79 Å². The Balaban J connectivity index is 2.47. The molecule has 1 N–H and O–H groups in total. The Hall–Kier alpha value is -2.35. The van der Waals surface area contributed by atoms with Gasteiger partial charge in [0.1, 0.15) is 0 Å². The van der Waals surface area contributed by atoms with Gasteiger partial charge in [0.05, 0.1) is 17.2 Å². The summed E-state index contributed by atoms with van der Waals surface area (Å²) in [7, 11) is 0. The topological polar surface area (TPSA) is 79.2 Å². The first-order valence-electron chi connectivity index (χ1n) is 6.53. The second-order valence-corrected chi connectivity index (χ2v) is 4.53. The zero-order valence-corrected chi connectivity index (χ0v) is 11.7. The van der Waals surface area contributed by atoms with E-state index in [2.05, 4.69) is 5.32 Å². The number of hydrogen-bond acceptors (Lipinski definition) is 4. The molecule has 5 nitrogen and oxygen atoms in total. The van der Waals surface area contributed by atoms with Gasteiger partial charge in [-0.05, 0) is 31.5 Å². The summed E-state index contributed by atoms with van der Waals surface area (Å²) >= 11 is 0. The van der Waals surface area contributed by atoms with Crippen LogP contribution in [0, 0.1) is 11.3 Å². The molecule has 0 spiro atoms. The molecule has 0 radical (unpaired) electrons. The van der Waals surface area contributed by atoms with Crippen molar-refractivity contribution in [3.8, 4) is 6.07 Å². The van der Waals surface area contributed by atoms with Crippen LogP contribution in [-0.4, -0.2) is 24.5 Å². The lowest BCUT2D eigenvalue weighted by atomic mass is 10.1. The van der Waals surface area contributed by atoms with Gasteiger partial charge in [-0.3, -0.25) is 4.79 Å². The first-order valence-corrected chi connectivity index (χ1v) is 6.53. The molecule has 0 aliphatic rings. The number of carbonyl (C=O) groups is 2. The van der Waals surface area contributed by atoms with Crippen molar-refractivity contribution in [2.75, 3.05) is 6.61 Å². The number of ether oxygens (including phenoxy) is 1. The molecule has 0 bridgehead atoms. The largest absolute Gasteiger partial charge is 0.452 e. The van der Waals surface area contributed by atoms with Crippen LogP contribution in [0.3, 0.4) is 0 Å². The smallest absolute Gasteiger partial charge is 0.338 e. The Morgan fingerprint density at radius 3 is 2.85 bits per heavy atom. The van der Waals surface area contributed by atoms with Crippen molar-refractivity contribution < 1.29 is 14.3 Å². The zero-order valence-electron chi connectivity index (χ0n) is 11.7. The summed E-state index contributed by atoms with van der Waals surface area (Å²) in [5.74, 6) is -0.934. The standard InChI is InChI=1S/C15H18N2O3/c1-3-5-11(2)17-14(18)10-20-15(19)13-7-4-6-12(8-13)9-16/h4,6-8,11H,3,5,10H2,1-2H3,(H,17,18)/t11-/m1/s1. The van der Waals surface area contributed by atoms with Crippen LogP contribution in [0.15, 0.2) is 24.3 Å². The number of esters is 1. The second kappa shape index (κ2) is 7.95. The molecule has 20 heavy (non-hydrogen) atoms. The van der Waals surface area contributed by atoms with Gasteiger partial charge in [-0.15, -0.1) is 0 Å². The van der Waals surface area contributed by atoms with Crippen molar-refractivity contribution in [3.05, 3.63) is 35.4 Å². The monoisotopic (exact) mass is 274 g/mol. The summed E-state index contributed by atoms with van der Waals surface area (Å²) in [5.41, 5.74) is 0.638. The summed E-state index contributed by atoms with van der Waals surface area (Å²) in [6, 6.07) is 8.17. The van der Waals surface area contributed by atoms with Crippen molar-refractivity contribution in [2.24, 2.45) is 0 Å². The summed E-state index contributed by atoms with van der Waals surface area (Å²) in [4.78, 5) is 23.3. The molecule has 5 heteroatoms. The van der Waals surface area contributed by atoms with Crippen molar-refractivity contribution in [1.82, 2.24) is 5.32 Å². The maximum atomic E-state index is 11.7. The Bertz CT molecular complexity index is 520. The third-order valence-electron chi connectivity index (χ3n) is 2.69. The van der Waals surface area contributed by atoms with E-state index in [9.17, 15) is 9.59 Å². The van der Waals surface area contributed by atoms with E-state index in [4.69, 9.17) is 10.00 Å². The number of rotatable bonds is 6.